The highest BCUT2D eigenvalue weighted by Gasteiger charge is 2.08. The number of halogens is 1. The second kappa shape index (κ2) is 4.41. The van der Waals surface area contributed by atoms with Crippen LogP contribution in [0.3, 0.4) is 0 Å². The van der Waals surface area contributed by atoms with Crippen LogP contribution in [-0.2, 0) is 0 Å². The van der Waals surface area contributed by atoms with E-state index >= 15 is 0 Å². The van der Waals surface area contributed by atoms with E-state index in [0.29, 0.717) is 17.3 Å². The van der Waals surface area contributed by atoms with Crippen LogP contribution in [0, 0.1) is 12.7 Å². The number of hydrogen-bond acceptors (Lipinski definition) is 3. The van der Waals surface area contributed by atoms with E-state index in [4.69, 9.17) is 10.5 Å². The lowest BCUT2D eigenvalue weighted by Crippen LogP contribution is -1.97. The number of benzene rings is 1. The molecule has 1 aromatic heterocycles. The fourth-order valence-corrected chi connectivity index (χ4v) is 1.63. The van der Waals surface area contributed by atoms with Gasteiger partial charge in [-0.3, -0.25) is 0 Å². The summed E-state index contributed by atoms with van der Waals surface area (Å²) in [6.07, 6.45) is 0. The Morgan fingerprint density at radius 1 is 1.24 bits per heavy atom. The monoisotopic (exact) mass is 232 g/mol. The van der Waals surface area contributed by atoms with E-state index in [1.54, 1.807) is 18.2 Å². The van der Waals surface area contributed by atoms with E-state index in [-0.39, 0.29) is 5.82 Å². The summed E-state index contributed by atoms with van der Waals surface area (Å²) < 4.78 is 18.3. The number of hydrogen-bond donors (Lipinski definition) is 1. The van der Waals surface area contributed by atoms with Gasteiger partial charge in [0.25, 0.3) is 0 Å². The van der Waals surface area contributed by atoms with Gasteiger partial charge in [0.15, 0.2) is 0 Å². The molecule has 0 atom stereocenters. The van der Waals surface area contributed by atoms with Crippen LogP contribution in [0.15, 0.2) is 30.3 Å². The van der Waals surface area contributed by atoms with Gasteiger partial charge in [-0.25, -0.2) is 9.37 Å². The molecule has 2 N–H and O–H groups in total. The van der Waals surface area contributed by atoms with Crippen LogP contribution in [0.25, 0.3) is 11.3 Å². The fourth-order valence-electron chi connectivity index (χ4n) is 1.63. The predicted octanol–water partition coefficient (Wildman–Crippen LogP) is 2.79. The molecular formula is C13H13FN2O. The number of anilines is 1. The molecule has 0 bridgehead atoms. The SMILES string of the molecule is COc1nc(-c2cc(F)ccc2C)ccc1N. The number of methoxy groups -OCH3 is 1. The van der Waals surface area contributed by atoms with Crippen LogP contribution < -0.4 is 10.5 Å². The Hall–Kier alpha value is -2.10. The molecule has 0 saturated heterocycles. The van der Waals surface area contributed by atoms with Crippen LogP contribution in [0.1, 0.15) is 5.56 Å². The van der Waals surface area contributed by atoms with Crippen molar-refractivity contribution in [2.24, 2.45) is 0 Å². The van der Waals surface area contributed by atoms with Gasteiger partial charge in [0.05, 0.1) is 18.5 Å². The Balaban J connectivity index is 2.56. The summed E-state index contributed by atoms with van der Waals surface area (Å²) in [4.78, 5) is 4.25. The van der Waals surface area contributed by atoms with Gasteiger partial charge in [-0.15, -0.1) is 0 Å². The van der Waals surface area contributed by atoms with E-state index in [0.717, 1.165) is 11.1 Å². The molecule has 0 spiro atoms. The van der Waals surface area contributed by atoms with Crippen molar-refractivity contribution >= 4 is 5.69 Å². The Morgan fingerprint density at radius 3 is 2.71 bits per heavy atom. The topological polar surface area (TPSA) is 48.1 Å². The van der Waals surface area contributed by atoms with Crippen molar-refractivity contribution in [1.82, 2.24) is 4.98 Å². The molecule has 0 radical (unpaired) electrons. The number of nitrogens with two attached hydrogens (primary N) is 1. The molecule has 1 aromatic carbocycles. The molecule has 0 aliphatic heterocycles. The quantitative estimate of drug-likeness (QED) is 0.866. The molecule has 0 fully saturated rings. The van der Waals surface area contributed by atoms with Gasteiger partial charge in [0.1, 0.15) is 5.82 Å². The van der Waals surface area contributed by atoms with Crippen molar-refractivity contribution in [3.8, 4) is 17.1 Å². The summed E-state index contributed by atoms with van der Waals surface area (Å²) in [6, 6.07) is 8.04. The summed E-state index contributed by atoms with van der Waals surface area (Å²) in [6.45, 7) is 1.90. The molecule has 0 saturated carbocycles. The standard InChI is InChI=1S/C13H13FN2O/c1-8-3-4-9(14)7-10(8)12-6-5-11(15)13(16-12)17-2/h3-7H,15H2,1-2H3. The molecule has 0 unspecified atom stereocenters. The average molecular weight is 232 g/mol. The van der Waals surface area contributed by atoms with E-state index in [9.17, 15) is 4.39 Å². The minimum Gasteiger partial charge on any atom is -0.480 e. The van der Waals surface area contributed by atoms with Gasteiger partial charge in [-0.2, -0.15) is 0 Å². The molecular weight excluding hydrogens is 219 g/mol. The summed E-state index contributed by atoms with van der Waals surface area (Å²) in [7, 11) is 1.50. The third-order valence-corrected chi connectivity index (χ3v) is 2.56. The second-order valence-electron chi connectivity index (χ2n) is 3.75. The van der Waals surface area contributed by atoms with Crippen LogP contribution >= 0.6 is 0 Å². The van der Waals surface area contributed by atoms with Gasteiger partial charge in [0.2, 0.25) is 5.88 Å². The Bertz CT molecular complexity index is 555. The summed E-state index contributed by atoms with van der Waals surface area (Å²) in [5.74, 6) is 0.0642. The number of aromatic nitrogens is 1. The van der Waals surface area contributed by atoms with Crippen molar-refractivity contribution in [3.63, 3.8) is 0 Å². The first-order valence-electron chi connectivity index (χ1n) is 5.19. The van der Waals surface area contributed by atoms with Crippen molar-refractivity contribution in [2.75, 3.05) is 12.8 Å². The molecule has 0 aliphatic rings. The molecule has 88 valence electrons. The zero-order valence-corrected chi connectivity index (χ0v) is 9.70. The zero-order valence-electron chi connectivity index (χ0n) is 9.70. The second-order valence-corrected chi connectivity index (χ2v) is 3.75. The molecule has 0 amide bonds. The highest BCUT2D eigenvalue weighted by molar-refractivity contribution is 5.66. The smallest absolute Gasteiger partial charge is 0.237 e. The average Bonchev–Trinajstić information content (AvgIpc) is 2.33. The van der Waals surface area contributed by atoms with Gasteiger partial charge in [-0.05, 0) is 36.8 Å². The van der Waals surface area contributed by atoms with E-state index in [1.165, 1.54) is 19.2 Å². The zero-order chi connectivity index (χ0) is 12.4. The van der Waals surface area contributed by atoms with Crippen LogP contribution in [0.5, 0.6) is 5.88 Å². The maximum Gasteiger partial charge on any atom is 0.237 e. The summed E-state index contributed by atoms with van der Waals surface area (Å²) in [5.41, 5.74) is 8.48. The molecule has 2 aromatic rings. The summed E-state index contributed by atoms with van der Waals surface area (Å²) in [5, 5.41) is 0. The molecule has 1 heterocycles. The molecule has 0 aliphatic carbocycles. The first kappa shape index (κ1) is 11.4. The number of pyridine rings is 1. The van der Waals surface area contributed by atoms with Crippen molar-refractivity contribution in [3.05, 3.63) is 41.7 Å². The maximum atomic E-state index is 13.2. The predicted molar refractivity (Wildman–Crippen MR) is 65.3 cm³/mol. The molecule has 3 nitrogen and oxygen atoms in total. The normalized spacial score (nSPS) is 10.3. The molecule has 4 heteroatoms. The van der Waals surface area contributed by atoms with E-state index in [1.807, 2.05) is 6.92 Å². The Kier molecular flexibility index (Phi) is 2.95. The number of rotatable bonds is 2. The van der Waals surface area contributed by atoms with Crippen LogP contribution in [0.4, 0.5) is 10.1 Å². The lowest BCUT2D eigenvalue weighted by Gasteiger charge is -2.08. The lowest BCUT2D eigenvalue weighted by atomic mass is 10.0. The number of ether oxygens (including phenoxy) is 1. The third-order valence-electron chi connectivity index (χ3n) is 2.56. The maximum absolute atomic E-state index is 13.2. The van der Waals surface area contributed by atoms with Crippen LogP contribution in [0.2, 0.25) is 0 Å². The minimum absolute atomic E-state index is 0.289. The van der Waals surface area contributed by atoms with Gasteiger partial charge < -0.3 is 10.5 Å². The van der Waals surface area contributed by atoms with Gasteiger partial charge in [-0.1, -0.05) is 6.07 Å². The molecule has 2 rings (SSSR count). The lowest BCUT2D eigenvalue weighted by molar-refractivity contribution is 0.401. The molecule has 17 heavy (non-hydrogen) atoms. The van der Waals surface area contributed by atoms with E-state index < -0.39 is 0 Å². The Morgan fingerprint density at radius 2 is 2.00 bits per heavy atom. The van der Waals surface area contributed by atoms with E-state index in [2.05, 4.69) is 4.98 Å². The van der Waals surface area contributed by atoms with Crippen molar-refractivity contribution < 1.29 is 9.13 Å². The van der Waals surface area contributed by atoms with Gasteiger partial charge >= 0.3 is 0 Å². The largest absolute Gasteiger partial charge is 0.480 e. The van der Waals surface area contributed by atoms with Crippen LogP contribution in [-0.4, -0.2) is 12.1 Å². The minimum atomic E-state index is -0.289. The highest BCUT2D eigenvalue weighted by Crippen LogP contribution is 2.27. The van der Waals surface area contributed by atoms with Crippen molar-refractivity contribution in [2.45, 2.75) is 6.92 Å². The first-order chi connectivity index (χ1) is 8.11. The van der Waals surface area contributed by atoms with Crippen molar-refractivity contribution in [1.29, 1.82) is 0 Å². The summed E-state index contributed by atoms with van der Waals surface area (Å²) >= 11 is 0. The number of nitrogen functional groups attached to an aromatic ring is 1. The Labute approximate surface area is 99.1 Å². The first-order valence-corrected chi connectivity index (χ1v) is 5.19. The van der Waals surface area contributed by atoms with Gasteiger partial charge in [0, 0.05) is 5.56 Å². The number of aryl methyl sites for hydroxylation is 1. The highest BCUT2D eigenvalue weighted by atomic mass is 19.1. The fraction of sp³-hybridized carbons (Fsp3) is 0.154. The number of nitrogens with zero attached hydrogens (tertiary/aromatic N) is 1. The third kappa shape index (κ3) is 2.20.